The minimum absolute atomic E-state index is 0.0358. The summed E-state index contributed by atoms with van der Waals surface area (Å²) in [6, 6.07) is 9.57. The predicted octanol–water partition coefficient (Wildman–Crippen LogP) is 4.76. The Kier molecular flexibility index (Phi) is 3.86. The zero-order valence-corrected chi connectivity index (χ0v) is 11.6. The first-order valence-electron chi connectivity index (χ1n) is 7.16. The van der Waals surface area contributed by atoms with Crippen molar-refractivity contribution in [3.05, 3.63) is 53.8 Å². The van der Waals surface area contributed by atoms with Gasteiger partial charge in [0.2, 0.25) is 0 Å². The third-order valence-corrected chi connectivity index (χ3v) is 3.89. The molecule has 0 atom stereocenters. The summed E-state index contributed by atoms with van der Waals surface area (Å²) < 4.78 is 43.0. The molecule has 0 N–H and O–H groups in total. The number of halogens is 3. The number of anilines is 1. The van der Waals surface area contributed by atoms with E-state index in [-0.39, 0.29) is 11.3 Å². The summed E-state index contributed by atoms with van der Waals surface area (Å²) in [4.78, 5) is 1.60. The van der Waals surface area contributed by atoms with Crippen LogP contribution in [0.3, 0.4) is 0 Å². The van der Waals surface area contributed by atoms with E-state index in [2.05, 4.69) is 0 Å². The molecule has 1 saturated heterocycles. The normalized spacial score (nSPS) is 15.3. The van der Waals surface area contributed by atoms with Crippen LogP contribution in [0.5, 0.6) is 0 Å². The standard InChI is InChI=1S/C17H16F3N/c18-14-11-13(12-7-3-1-4-8-12)15(19)16(20)17(14)21-9-5-2-6-10-21/h1,3-4,7-8,11H,2,5-6,9-10H2. The van der Waals surface area contributed by atoms with E-state index in [1.54, 1.807) is 35.2 Å². The van der Waals surface area contributed by atoms with E-state index in [0.717, 1.165) is 25.3 Å². The van der Waals surface area contributed by atoms with Gasteiger partial charge in [-0.05, 0) is 30.9 Å². The smallest absolute Gasteiger partial charge is 0.185 e. The van der Waals surface area contributed by atoms with Gasteiger partial charge >= 0.3 is 0 Å². The van der Waals surface area contributed by atoms with Gasteiger partial charge in [-0.15, -0.1) is 0 Å². The van der Waals surface area contributed by atoms with Crippen LogP contribution in [0.15, 0.2) is 36.4 Å². The van der Waals surface area contributed by atoms with Crippen LogP contribution in [0.1, 0.15) is 19.3 Å². The molecule has 1 aliphatic rings. The second-order valence-electron chi connectivity index (χ2n) is 5.30. The van der Waals surface area contributed by atoms with Gasteiger partial charge in [0.05, 0.1) is 0 Å². The number of nitrogens with zero attached hydrogens (tertiary/aromatic N) is 1. The zero-order chi connectivity index (χ0) is 14.8. The molecule has 0 aromatic heterocycles. The highest BCUT2D eigenvalue weighted by Crippen LogP contribution is 2.34. The molecule has 4 heteroatoms. The van der Waals surface area contributed by atoms with E-state index >= 15 is 0 Å². The predicted molar refractivity (Wildman–Crippen MR) is 77.8 cm³/mol. The first-order chi connectivity index (χ1) is 10.2. The maximum Gasteiger partial charge on any atom is 0.185 e. The third kappa shape index (κ3) is 2.62. The van der Waals surface area contributed by atoms with Gasteiger partial charge in [-0.2, -0.15) is 0 Å². The second kappa shape index (κ2) is 5.80. The van der Waals surface area contributed by atoms with Crippen molar-refractivity contribution < 1.29 is 13.2 Å². The minimum atomic E-state index is -1.09. The molecule has 0 radical (unpaired) electrons. The van der Waals surface area contributed by atoms with E-state index in [1.165, 1.54) is 0 Å². The summed E-state index contributed by atoms with van der Waals surface area (Å²) in [5.41, 5.74) is 0.205. The topological polar surface area (TPSA) is 3.24 Å². The summed E-state index contributed by atoms with van der Waals surface area (Å²) in [5.74, 6) is -2.77. The fourth-order valence-electron chi connectivity index (χ4n) is 2.82. The Morgan fingerprint density at radius 3 is 2.14 bits per heavy atom. The molecule has 0 amide bonds. The molecule has 0 bridgehead atoms. The number of rotatable bonds is 2. The molecule has 0 spiro atoms. The van der Waals surface area contributed by atoms with Gasteiger partial charge in [0.25, 0.3) is 0 Å². The first-order valence-corrected chi connectivity index (χ1v) is 7.16. The van der Waals surface area contributed by atoms with Gasteiger partial charge in [-0.3, -0.25) is 0 Å². The van der Waals surface area contributed by atoms with Crippen LogP contribution < -0.4 is 4.90 Å². The molecule has 1 fully saturated rings. The molecule has 1 aliphatic heterocycles. The molecule has 0 saturated carbocycles. The van der Waals surface area contributed by atoms with Crippen molar-refractivity contribution in [2.45, 2.75) is 19.3 Å². The minimum Gasteiger partial charge on any atom is -0.367 e. The fourth-order valence-corrected chi connectivity index (χ4v) is 2.82. The molecule has 21 heavy (non-hydrogen) atoms. The van der Waals surface area contributed by atoms with E-state index < -0.39 is 17.5 Å². The SMILES string of the molecule is Fc1cc(-c2ccccc2)c(F)c(F)c1N1CCCCC1. The van der Waals surface area contributed by atoms with Crippen molar-refractivity contribution in [2.75, 3.05) is 18.0 Å². The number of piperidine rings is 1. The second-order valence-corrected chi connectivity index (χ2v) is 5.30. The van der Waals surface area contributed by atoms with Crippen molar-refractivity contribution in [3.8, 4) is 11.1 Å². The summed E-state index contributed by atoms with van der Waals surface area (Å²) in [7, 11) is 0. The highest BCUT2D eigenvalue weighted by Gasteiger charge is 2.24. The largest absolute Gasteiger partial charge is 0.367 e. The number of hydrogen-bond donors (Lipinski definition) is 0. The van der Waals surface area contributed by atoms with E-state index in [4.69, 9.17) is 0 Å². The molecule has 2 aromatic carbocycles. The Bertz CT molecular complexity index is 634. The lowest BCUT2D eigenvalue weighted by Crippen LogP contribution is -2.31. The van der Waals surface area contributed by atoms with Crippen LogP contribution in [0.4, 0.5) is 18.9 Å². The molecular weight excluding hydrogens is 275 g/mol. The lowest BCUT2D eigenvalue weighted by atomic mass is 10.0. The highest BCUT2D eigenvalue weighted by atomic mass is 19.2. The van der Waals surface area contributed by atoms with Crippen LogP contribution >= 0.6 is 0 Å². The van der Waals surface area contributed by atoms with Crippen molar-refractivity contribution in [1.29, 1.82) is 0 Å². The van der Waals surface area contributed by atoms with E-state index in [1.807, 2.05) is 0 Å². The molecule has 110 valence electrons. The first kappa shape index (κ1) is 14.0. The maximum absolute atomic E-state index is 14.3. The van der Waals surface area contributed by atoms with Crippen molar-refractivity contribution in [2.24, 2.45) is 0 Å². The summed E-state index contributed by atoms with van der Waals surface area (Å²) in [6.45, 7) is 1.13. The Morgan fingerprint density at radius 2 is 1.48 bits per heavy atom. The molecule has 3 rings (SSSR count). The molecule has 1 heterocycles. The molecular formula is C17H16F3N. The lowest BCUT2D eigenvalue weighted by Gasteiger charge is -2.29. The van der Waals surface area contributed by atoms with Crippen molar-refractivity contribution in [3.63, 3.8) is 0 Å². The fraction of sp³-hybridized carbons (Fsp3) is 0.294. The molecule has 2 aromatic rings. The highest BCUT2D eigenvalue weighted by molar-refractivity contribution is 5.68. The van der Waals surface area contributed by atoms with E-state index in [9.17, 15) is 13.2 Å². The van der Waals surface area contributed by atoms with Crippen molar-refractivity contribution in [1.82, 2.24) is 0 Å². The average Bonchev–Trinajstić information content (AvgIpc) is 2.53. The van der Waals surface area contributed by atoms with Crippen LogP contribution in [-0.2, 0) is 0 Å². The van der Waals surface area contributed by atoms with Gasteiger partial charge in [-0.25, -0.2) is 13.2 Å². The van der Waals surface area contributed by atoms with Gasteiger partial charge < -0.3 is 4.90 Å². The quantitative estimate of drug-likeness (QED) is 0.721. The van der Waals surface area contributed by atoms with Crippen LogP contribution in [0.25, 0.3) is 11.1 Å². The van der Waals surface area contributed by atoms with Crippen LogP contribution in [0, 0.1) is 17.5 Å². The number of hydrogen-bond acceptors (Lipinski definition) is 1. The summed E-state index contributed by atoms with van der Waals surface area (Å²) in [6.07, 6.45) is 2.80. The molecule has 1 nitrogen and oxygen atoms in total. The van der Waals surface area contributed by atoms with Crippen molar-refractivity contribution >= 4 is 5.69 Å². The lowest BCUT2D eigenvalue weighted by molar-refractivity contribution is 0.483. The Hall–Kier alpha value is -1.97. The van der Waals surface area contributed by atoms with Gasteiger partial charge in [0.1, 0.15) is 11.5 Å². The van der Waals surface area contributed by atoms with Gasteiger partial charge in [0.15, 0.2) is 11.6 Å². The molecule has 0 unspecified atom stereocenters. The maximum atomic E-state index is 14.3. The van der Waals surface area contributed by atoms with E-state index in [0.29, 0.717) is 18.7 Å². The Balaban J connectivity index is 2.07. The van der Waals surface area contributed by atoms with Crippen LogP contribution in [-0.4, -0.2) is 13.1 Å². The average molecular weight is 291 g/mol. The Morgan fingerprint density at radius 1 is 0.810 bits per heavy atom. The summed E-state index contributed by atoms with van der Waals surface area (Å²) >= 11 is 0. The molecule has 0 aliphatic carbocycles. The monoisotopic (exact) mass is 291 g/mol. The summed E-state index contributed by atoms with van der Waals surface area (Å²) in [5, 5.41) is 0. The van der Waals surface area contributed by atoms with Crippen LogP contribution in [0.2, 0.25) is 0 Å². The van der Waals surface area contributed by atoms with Gasteiger partial charge in [-0.1, -0.05) is 30.3 Å². The van der Waals surface area contributed by atoms with Gasteiger partial charge in [0, 0.05) is 18.7 Å². The Labute approximate surface area is 122 Å². The zero-order valence-electron chi connectivity index (χ0n) is 11.6. The number of benzene rings is 2. The third-order valence-electron chi connectivity index (χ3n) is 3.89.